The standard InChI is InChI=1S/C7H19N3/c1-7(2)10(3)6-4-5-9-8/h7,9H,4-6,8H2,1-3H3. The van der Waals surface area contributed by atoms with Crippen LogP contribution in [-0.2, 0) is 0 Å². The minimum Gasteiger partial charge on any atom is -0.304 e. The van der Waals surface area contributed by atoms with Crippen LogP contribution in [0.3, 0.4) is 0 Å². The monoisotopic (exact) mass is 145 g/mol. The molecule has 0 saturated carbocycles. The van der Waals surface area contributed by atoms with Gasteiger partial charge in [-0.3, -0.25) is 11.3 Å². The van der Waals surface area contributed by atoms with Gasteiger partial charge in [0.2, 0.25) is 0 Å². The highest BCUT2D eigenvalue weighted by Crippen LogP contribution is 1.93. The summed E-state index contributed by atoms with van der Waals surface area (Å²) in [4.78, 5) is 2.30. The molecule has 0 atom stereocenters. The molecule has 3 N–H and O–H groups in total. The molecular weight excluding hydrogens is 126 g/mol. The molecule has 0 bridgehead atoms. The van der Waals surface area contributed by atoms with Crippen molar-refractivity contribution >= 4 is 0 Å². The van der Waals surface area contributed by atoms with Gasteiger partial charge < -0.3 is 4.90 Å². The Hall–Kier alpha value is -0.120. The largest absolute Gasteiger partial charge is 0.304 e. The van der Waals surface area contributed by atoms with Gasteiger partial charge in [0.25, 0.3) is 0 Å². The molecule has 0 unspecified atom stereocenters. The zero-order valence-corrected chi connectivity index (χ0v) is 7.22. The molecule has 0 radical (unpaired) electrons. The normalized spacial score (nSPS) is 11.4. The SMILES string of the molecule is CC(C)N(C)CCCNN. The van der Waals surface area contributed by atoms with E-state index in [1.165, 1.54) is 0 Å². The summed E-state index contributed by atoms with van der Waals surface area (Å²) in [5, 5.41) is 0. The smallest absolute Gasteiger partial charge is 0.0110 e. The molecule has 0 saturated heterocycles. The van der Waals surface area contributed by atoms with Crippen molar-refractivity contribution in [2.75, 3.05) is 20.1 Å². The fraction of sp³-hybridized carbons (Fsp3) is 1.00. The molecule has 0 aromatic rings. The molecule has 0 aliphatic carbocycles. The molecular formula is C7H19N3. The Morgan fingerprint density at radius 2 is 2.10 bits per heavy atom. The Morgan fingerprint density at radius 3 is 2.50 bits per heavy atom. The quantitative estimate of drug-likeness (QED) is 0.329. The maximum absolute atomic E-state index is 5.12. The van der Waals surface area contributed by atoms with Gasteiger partial charge in [0, 0.05) is 12.6 Å². The number of hydrogen-bond donors (Lipinski definition) is 2. The summed E-state index contributed by atoms with van der Waals surface area (Å²) in [6, 6.07) is 0.637. The van der Waals surface area contributed by atoms with E-state index in [0.29, 0.717) is 6.04 Å². The molecule has 3 heteroatoms. The Morgan fingerprint density at radius 1 is 1.50 bits per heavy atom. The van der Waals surface area contributed by atoms with Gasteiger partial charge in [-0.05, 0) is 33.9 Å². The van der Waals surface area contributed by atoms with Gasteiger partial charge in [0.1, 0.15) is 0 Å². The van der Waals surface area contributed by atoms with Gasteiger partial charge in [-0.2, -0.15) is 0 Å². The average Bonchev–Trinajstić information content (AvgIpc) is 1.88. The molecule has 62 valence electrons. The first kappa shape index (κ1) is 9.88. The summed E-state index contributed by atoms with van der Waals surface area (Å²) < 4.78 is 0. The van der Waals surface area contributed by atoms with Crippen molar-refractivity contribution in [3.05, 3.63) is 0 Å². The van der Waals surface area contributed by atoms with Crippen molar-refractivity contribution in [2.24, 2.45) is 5.84 Å². The van der Waals surface area contributed by atoms with Crippen molar-refractivity contribution in [3.63, 3.8) is 0 Å². The lowest BCUT2D eigenvalue weighted by Crippen LogP contribution is -2.31. The van der Waals surface area contributed by atoms with E-state index in [9.17, 15) is 0 Å². The average molecular weight is 145 g/mol. The Kier molecular flexibility index (Phi) is 5.58. The lowest BCUT2D eigenvalue weighted by atomic mass is 10.3. The van der Waals surface area contributed by atoms with Crippen molar-refractivity contribution in [1.29, 1.82) is 0 Å². The van der Waals surface area contributed by atoms with Crippen LogP contribution in [0.2, 0.25) is 0 Å². The second-order valence-electron chi connectivity index (χ2n) is 2.88. The number of nitrogens with zero attached hydrogens (tertiary/aromatic N) is 1. The summed E-state index contributed by atoms with van der Waals surface area (Å²) in [6.45, 7) is 6.39. The number of hydrazine groups is 1. The third kappa shape index (κ3) is 4.73. The van der Waals surface area contributed by atoms with Crippen molar-refractivity contribution in [1.82, 2.24) is 10.3 Å². The number of rotatable bonds is 5. The van der Waals surface area contributed by atoms with Crippen LogP contribution in [0.25, 0.3) is 0 Å². The zero-order valence-electron chi connectivity index (χ0n) is 7.22. The predicted octanol–water partition coefficient (Wildman–Crippen LogP) is 0.180. The summed E-state index contributed by atoms with van der Waals surface area (Å²) in [6.07, 6.45) is 1.12. The van der Waals surface area contributed by atoms with E-state index in [2.05, 4.69) is 31.2 Å². The van der Waals surface area contributed by atoms with Crippen LogP contribution in [0.1, 0.15) is 20.3 Å². The van der Waals surface area contributed by atoms with Crippen LogP contribution in [0.5, 0.6) is 0 Å². The van der Waals surface area contributed by atoms with Crippen LogP contribution in [0.4, 0.5) is 0 Å². The lowest BCUT2D eigenvalue weighted by Gasteiger charge is -2.20. The fourth-order valence-electron chi connectivity index (χ4n) is 0.689. The first-order chi connectivity index (χ1) is 4.68. The highest BCUT2D eigenvalue weighted by molar-refractivity contribution is 4.56. The highest BCUT2D eigenvalue weighted by atomic mass is 15.2. The van der Waals surface area contributed by atoms with Crippen molar-refractivity contribution in [2.45, 2.75) is 26.3 Å². The Bertz CT molecular complexity index is 73.3. The van der Waals surface area contributed by atoms with Gasteiger partial charge in [-0.1, -0.05) is 0 Å². The van der Waals surface area contributed by atoms with Crippen molar-refractivity contribution in [3.8, 4) is 0 Å². The van der Waals surface area contributed by atoms with E-state index >= 15 is 0 Å². The zero-order chi connectivity index (χ0) is 7.98. The molecule has 0 aromatic carbocycles. The minimum absolute atomic E-state index is 0.637. The summed E-state index contributed by atoms with van der Waals surface area (Å²) >= 11 is 0. The van der Waals surface area contributed by atoms with E-state index < -0.39 is 0 Å². The van der Waals surface area contributed by atoms with Gasteiger partial charge in [0.05, 0.1) is 0 Å². The molecule has 10 heavy (non-hydrogen) atoms. The summed E-state index contributed by atoms with van der Waals surface area (Å²) in [7, 11) is 2.13. The third-order valence-electron chi connectivity index (χ3n) is 1.71. The summed E-state index contributed by atoms with van der Waals surface area (Å²) in [5.74, 6) is 5.12. The van der Waals surface area contributed by atoms with Gasteiger partial charge >= 0.3 is 0 Å². The molecule has 0 spiro atoms. The van der Waals surface area contributed by atoms with Gasteiger partial charge in [-0.15, -0.1) is 0 Å². The molecule has 0 aliphatic heterocycles. The fourth-order valence-corrected chi connectivity index (χ4v) is 0.689. The second-order valence-corrected chi connectivity index (χ2v) is 2.88. The first-order valence-electron chi connectivity index (χ1n) is 3.82. The molecule has 0 aromatic heterocycles. The third-order valence-corrected chi connectivity index (χ3v) is 1.71. The lowest BCUT2D eigenvalue weighted by molar-refractivity contribution is 0.269. The molecule has 0 aliphatic rings. The van der Waals surface area contributed by atoms with E-state index in [4.69, 9.17) is 5.84 Å². The van der Waals surface area contributed by atoms with Gasteiger partial charge in [-0.25, -0.2) is 0 Å². The maximum Gasteiger partial charge on any atom is 0.0110 e. The van der Waals surface area contributed by atoms with E-state index in [-0.39, 0.29) is 0 Å². The number of nitrogens with one attached hydrogen (secondary N) is 1. The molecule has 0 rings (SSSR count). The van der Waals surface area contributed by atoms with E-state index in [1.807, 2.05) is 0 Å². The Labute approximate surface area is 63.5 Å². The highest BCUT2D eigenvalue weighted by Gasteiger charge is 2.00. The van der Waals surface area contributed by atoms with E-state index in [1.54, 1.807) is 0 Å². The first-order valence-corrected chi connectivity index (χ1v) is 3.82. The molecule has 3 nitrogen and oxygen atoms in total. The van der Waals surface area contributed by atoms with Crippen LogP contribution in [-0.4, -0.2) is 31.1 Å². The van der Waals surface area contributed by atoms with Crippen molar-refractivity contribution < 1.29 is 0 Å². The van der Waals surface area contributed by atoms with E-state index in [0.717, 1.165) is 19.5 Å². The Balaban J connectivity index is 3.13. The van der Waals surface area contributed by atoms with Crippen LogP contribution in [0, 0.1) is 0 Å². The molecule has 0 fully saturated rings. The molecule has 0 heterocycles. The molecule has 0 amide bonds. The second kappa shape index (κ2) is 5.65. The maximum atomic E-state index is 5.12. The topological polar surface area (TPSA) is 41.3 Å². The van der Waals surface area contributed by atoms with Gasteiger partial charge in [0.15, 0.2) is 0 Å². The van der Waals surface area contributed by atoms with Crippen LogP contribution in [0.15, 0.2) is 0 Å². The van der Waals surface area contributed by atoms with Crippen LogP contribution >= 0.6 is 0 Å². The number of hydrogen-bond acceptors (Lipinski definition) is 3. The van der Waals surface area contributed by atoms with Crippen LogP contribution < -0.4 is 11.3 Å². The summed E-state index contributed by atoms with van der Waals surface area (Å²) in [5.41, 5.74) is 2.64. The predicted molar refractivity (Wildman–Crippen MR) is 44.6 cm³/mol. The number of nitrogens with two attached hydrogens (primary N) is 1. The minimum atomic E-state index is 0.637.